The van der Waals surface area contributed by atoms with Crippen molar-refractivity contribution in [2.75, 3.05) is 26.7 Å². The molecule has 1 aromatic carbocycles. The van der Waals surface area contributed by atoms with E-state index in [1.54, 1.807) is 0 Å². The molecule has 7 heteroatoms. The molecule has 1 amide bonds. The van der Waals surface area contributed by atoms with Crippen LogP contribution in [0.3, 0.4) is 0 Å². The Morgan fingerprint density at radius 2 is 1.83 bits per heavy atom. The molecule has 134 valence electrons. The molecule has 0 aliphatic carbocycles. The molecule has 1 fully saturated rings. The van der Waals surface area contributed by atoms with Crippen LogP contribution in [-0.2, 0) is 10.0 Å². The van der Waals surface area contributed by atoms with Crippen LogP contribution < -0.4 is 10.0 Å². The highest BCUT2D eigenvalue weighted by atomic mass is 32.2. The maximum Gasteiger partial charge on any atom is 0.251 e. The monoisotopic (exact) mass is 353 g/mol. The van der Waals surface area contributed by atoms with Crippen LogP contribution in [0.5, 0.6) is 0 Å². The van der Waals surface area contributed by atoms with Crippen LogP contribution in [0.25, 0.3) is 0 Å². The molecule has 0 bridgehead atoms. The highest BCUT2D eigenvalue weighted by Gasteiger charge is 2.20. The summed E-state index contributed by atoms with van der Waals surface area (Å²) in [5.74, 6) is 0.607. The van der Waals surface area contributed by atoms with E-state index in [4.69, 9.17) is 0 Å². The van der Waals surface area contributed by atoms with Crippen LogP contribution in [-0.4, -0.2) is 51.9 Å². The van der Waals surface area contributed by atoms with E-state index in [0.717, 1.165) is 19.0 Å². The van der Waals surface area contributed by atoms with Gasteiger partial charge in [-0.1, -0.05) is 6.92 Å². The number of carbonyl (C=O) groups is 1. The van der Waals surface area contributed by atoms with Gasteiger partial charge in [0.25, 0.3) is 5.91 Å². The molecule has 0 spiro atoms. The molecule has 0 saturated carbocycles. The minimum Gasteiger partial charge on any atom is -0.350 e. The lowest BCUT2D eigenvalue weighted by molar-refractivity contribution is 0.0921. The molecule has 1 aliphatic heterocycles. The Labute approximate surface area is 144 Å². The van der Waals surface area contributed by atoms with Crippen molar-refractivity contribution in [1.29, 1.82) is 0 Å². The van der Waals surface area contributed by atoms with Gasteiger partial charge in [0.2, 0.25) is 10.0 Å². The Morgan fingerprint density at radius 1 is 1.25 bits per heavy atom. The molecule has 1 saturated heterocycles. The summed E-state index contributed by atoms with van der Waals surface area (Å²) in [4.78, 5) is 14.8. The van der Waals surface area contributed by atoms with E-state index in [2.05, 4.69) is 28.8 Å². The van der Waals surface area contributed by atoms with Crippen molar-refractivity contribution in [2.45, 2.75) is 37.6 Å². The minimum absolute atomic E-state index is 0.150. The number of piperidine rings is 1. The highest BCUT2D eigenvalue weighted by molar-refractivity contribution is 7.89. The van der Waals surface area contributed by atoms with Crippen molar-refractivity contribution in [3.8, 4) is 0 Å². The maximum absolute atomic E-state index is 12.2. The maximum atomic E-state index is 12.2. The third-order valence-electron chi connectivity index (χ3n) is 4.70. The summed E-state index contributed by atoms with van der Waals surface area (Å²) in [5, 5.41) is 2.93. The van der Waals surface area contributed by atoms with Gasteiger partial charge in [0.15, 0.2) is 0 Å². The quantitative estimate of drug-likeness (QED) is 0.811. The molecule has 0 aromatic heterocycles. The Balaban J connectivity index is 1.88. The van der Waals surface area contributed by atoms with Crippen LogP contribution >= 0.6 is 0 Å². The van der Waals surface area contributed by atoms with E-state index in [9.17, 15) is 13.2 Å². The molecule has 1 unspecified atom stereocenters. The number of hydrogen-bond donors (Lipinski definition) is 2. The molecule has 1 heterocycles. The van der Waals surface area contributed by atoms with Crippen LogP contribution in [0.4, 0.5) is 0 Å². The second kappa shape index (κ2) is 8.09. The second-order valence-electron chi connectivity index (χ2n) is 6.51. The van der Waals surface area contributed by atoms with Gasteiger partial charge in [0, 0.05) is 18.2 Å². The first-order valence-electron chi connectivity index (χ1n) is 8.39. The molecule has 1 aliphatic rings. The van der Waals surface area contributed by atoms with E-state index in [-0.39, 0.29) is 10.8 Å². The summed E-state index contributed by atoms with van der Waals surface area (Å²) in [5.41, 5.74) is 0.463. The highest BCUT2D eigenvalue weighted by Crippen LogP contribution is 2.17. The predicted molar refractivity (Wildman–Crippen MR) is 94.5 cm³/mol. The van der Waals surface area contributed by atoms with Gasteiger partial charge in [-0.05, 0) is 70.1 Å². The summed E-state index contributed by atoms with van der Waals surface area (Å²) < 4.78 is 25.6. The normalized spacial score (nSPS) is 18.3. The van der Waals surface area contributed by atoms with Gasteiger partial charge in [-0.25, -0.2) is 13.1 Å². The van der Waals surface area contributed by atoms with Crippen molar-refractivity contribution in [3.05, 3.63) is 29.8 Å². The number of carbonyl (C=O) groups excluding carboxylic acids is 1. The fourth-order valence-corrected chi connectivity index (χ4v) is 3.57. The number of nitrogens with zero attached hydrogens (tertiary/aromatic N) is 1. The lowest BCUT2D eigenvalue weighted by atomic mass is 9.98. The molecular weight excluding hydrogens is 326 g/mol. The fraction of sp³-hybridized carbons (Fsp3) is 0.588. The summed E-state index contributed by atoms with van der Waals surface area (Å²) in [6, 6.07) is 6.25. The Kier molecular flexibility index (Phi) is 6.37. The van der Waals surface area contributed by atoms with E-state index in [1.807, 2.05) is 0 Å². The van der Waals surface area contributed by atoms with Crippen LogP contribution in [0.15, 0.2) is 29.2 Å². The lowest BCUT2D eigenvalue weighted by Crippen LogP contribution is -2.45. The molecule has 1 atom stereocenters. The van der Waals surface area contributed by atoms with E-state index >= 15 is 0 Å². The third-order valence-corrected chi connectivity index (χ3v) is 6.13. The van der Waals surface area contributed by atoms with E-state index in [0.29, 0.717) is 18.2 Å². The Bertz CT molecular complexity index is 650. The van der Waals surface area contributed by atoms with Crippen molar-refractivity contribution in [2.24, 2.45) is 5.92 Å². The number of amides is 1. The zero-order chi connectivity index (χ0) is 17.7. The standard InChI is InChI=1S/C17H27N3O3S/c1-13-8-10-20(11-9-13)14(2)12-19-17(21)15-4-6-16(7-5-15)24(22,23)18-3/h4-7,13-14,18H,8-12H2,1-3H3,(H,19,21). The first kappa shape index (κ1) is 18.9. The van der Waals surface area contributed by atoms with E-state index < -0.39 is 10.0 Å². The number of benzene rings is 1. The van der Waals surface area contributed by atoms with Gasteiger partial charge in [0.1, 0.15) is 0 Å². The summed E-state index contributed by atoms with van der Waals surface area (Å²) >= 11 is 0. The first-order chi connectivity index (χ1) is 11.3. The SMILES string of the molecule is CNS(=O)(=O)c1ccc(C(=O)NCC(C)N2CCC(C)CC2)cc1. The number of hydrogen-bond acceptors (Lipinski definition) is 4. The average Bonchev–Trinajstić information content (AvgIpc) is 2.60. The van der Waals surface area contributed by atoms with Crippen LogP contribution in [0.1, 0.15) is 37.0 Å². The summed E-state index contributed by atoms with van der Waals surface area (Å²) in [6.45, 7) is 7.15. The summed E-state index contributed by atoms with van der Waals surface area (Å²) in [6.07, 6.45) is 2.42. The average molecular weight is 353 g/mol. The van der Waals surface area contributed by atoms with Crippen molar-refractivity contribution < 1.29 is 13.2 Å². The van der Waals surface area contributed by atoms with Gasteiger partial charge in [-0.2, -0.15) is 0 Å². The van der Waals surface area contributed by atoms with Gasteiger partial charge >= 0.3 is 0 Å². The Hall–Kier alpha value is -1.44. The summed E-state index contributed by atoms with van der Waals surface area (Å²) in [7, 11) is -2.11. The van der Waals surface area contributed by atoms with E-state index in [1.165, 1.54) is 44.2 Å². The van der Waals surface area contributed by atoms with Gasteiger partial charge in [-0.3, -0.25) is 9.69 Å². The fourth-order valence-electron chi connectivity index (χ4n) is 2.84. The van der Waals surface area contributed by atoms with Gasteiger partial charge in [-0.15, -0.1) is 0 Å². The van der Waals surface area contributed by atoms with Gasteiger partial charge in [0.05, 0.1) is 4.90 Å². The van der Waals surface area contributed by atoms with Crippen molar-refractivity contribution in [1.82, 2.24) is 14.9 Å². The molecule has 1 aromatic rings. The molecule has 2 N–H and O–H groups in total. The number of nitrogens with one attached hydrogen (secondary N) is 2. The minimum atomic E-state index is -3.47. The molecular formula is C17H27N3O3S. The third kappa shape index (κ3) is 4.78. The molecule has 2 rings (SSSR count). The number of sulfonamides is 1. The lowest BCUT2D eigenvalue weighted by Gasteiger charge is -2.35. The zero-order valence-electron chi connectivity index (χ0n) is 14.6. The number of likely N-dealkylation sites (tertiary alicyclic amines) is 1. The van der Waals surface area contributed by atoms with Gasteiger partial charge < -0.3 is 5.32 Å². The van der Waals surface area contributed by atoms with Crippen LogP contribution in [0.2, 0.25) is 0 Å². The largest absolute Gasteiger partial charge is 0.350 e. The molecule has 0 radical (unpaired) electrons. The number of rotatable bonds is 6. The van der Waals surface area contributed by atoms with Crippen molar-refractivity contribution in [3.63, 3.8) is 0 Å². The topological polar surface area (TPSA) is 78.5 Å². The van der Waals surface area contributed by atoms with Crippen molar-refractivity contribution >= 4 is 15.9 Å². The smallest absolute Gasteiger partial charge is 0.251 e. The first-order valence-corrected chi connectivity index (χ1v) is 9.87. The predicted octanol–water partition coefficient (Wildman–Crippen LogP) is 1.44. The second-order valence-corrected chi connectivity index (χ2v) is 8.40. The Morgan fingerprint density at radius 3 is 2.38 bits per heavy atom. The zero-order valence-corrected chi connectivity index (χ0v) is 15.4. The molecule has 6 nitrogen and oxygen atoms in total. The molecule has 24 heavy (non-hydrogen) atoms. The van der Waals surface area contributed by atoms with Crippen LogP contribution in [0, 0.1) is 5.92 Å².